The molecular weight excluding hydrogens is 1470 g/mol. The number of likely N-dealkylation sites (tertiary alicyclic amines) is 1. The lowest BCUT2D eigenvalue weighted by Crippen LogP contribution is -2.64. The number of carboxylic acids is 2. The second-order valence-electron chi connectivity index (χ2n) is 29.3. The molecule has 3 rings (SSSR count). The number of ether oxygens (including phenoxy) is 2. The van der Waals surface area contributed by atoms with Gasteiger partial charge in [-0.05, 0) is 109 Å². The van der Waals surface area contributed by atoms with Crippen molar-refractivity contribution in [1.29, 1.82) is 0 Å². The number of likely N-dealkylation sites (N-methyl/N-ethyl adjacent to an activating group) is 1. The molecule has 0 aromatic rings. The Labute approximate surface area is 641 Å². The number of fused-ring (bicyclic) bond motifs is 1. The molecule has 0 bridgehead atoms. The van der Waals surface area contributed by atoms with Crippen LogP contribution in [0.1, 0.15) is 159 Å². The average Bonchev–Trinajstić information content (AvgIpc) is 1.62. The van der Waals surface area contributed by atoms with E-state index in [1.165, 1.54) is 13.8 Å². The summed E-state index contributed by atoms with van der Waals surface area (Å²) in [6, 6.07) is -24.3. The van der Waals surface area contributed by atoms with E-state index in [1.807, 2.05) is 13.8 Å². The molecule has 21 atom stereocenters. The molecule has 3 aliphatic rings. The van der Waals surface area contributed by atoms with Crippen LogP contribution in [0.25, 0.3) is 0 Å². The topological polar surface area (TPSA) is 683 Å². The second kappa shape index (κ2) is 44.3. The summed E-state index contributed by atoms with van der Waals surface area (Å²) in [4.78, 5) is 255. The predicted octanol–water partition coefficient (Wildman–Crippen LogP) is -7.95. The average molecular weight is 1580 g/mol. The van der Waals surface area contributed by atoms with Crippen LogP contribution in [-0.2, 0) is 95.8 Å². The van der Waals surface area contributed by atoms with Crippen LogP contribution in [0.5, 0.6) is 0 Å². The van der Waals surface area contributed by atoms with E-state index in [2.05, 4.69) is 42.5 Å². The van der Waals surface area contributed by atoms with E-state index in [9.17, 15) is 107 Å². The summed E-state index contributed by atoms with van der Waals surface area (Å²) >= 11 is 0. The Bertz CT molecular complexity index is 3360. The van der Waals surface area contributed by atoms with Gasteiger partial charge in [-0.15, -0.1) is 0 Å². The quantitative estimate of drug-likeness (QED) is 0.0207. The van der Waals surface area contributed by atoms with Gasteiger partial charge in [-0.25, -0.2) is 4.79 Å². The Morgan fingerprint density at radius 2 is 1.24 bits per heavy atom. The maximum absolute atomic E-state index is 15.5. The number of aliphatic hydroxyl groups excluding tert-OH is 4. The number of carbonyl (C=O) groups is 18. The Balaban J connectivity index is 2.38. The van der Waals surface area contributed by atoms with Crippen molar-refractivity contribution in [3.63, 3.8) is 0 Å². The number of hydrogen-bond donors (Lipinski definition) is 19. The molecule has 42 heteroatoms. The number of nitrogens with one attached hydrogen (secondary N) is 8. The third kappa shape index (κ3) is 27.6. The lowest BCUT2D eigenvalue weighted by Gasteiger charge is -2.39. The van der Waals surface area contributed by atoms with Gasteiger partial charge in [0.25, 0.3) is 5.91 Å². The number of aliphatic hydroxyl groups is 4. The number of piperidine rings is 1. The first kappa shape index (κ1) is 95.4. The number of nitrogens with two attached hydrogens (primary N) is 5. The van der Waals surface area contributed by atoms with Gasteiger partial charge in [-0.3, -0.25) is 81.5 Å². The van der Waals surface area contributed by atoms with Crippen molar-refractivity contribution in [2.45, 2.75) is 268 Å². The van der Waals surface area contributed by atoms with Gasteiger partial charge in [0.15, 0.2) is 12.2 Å². The van der Waals surface area contributed by atoms with Crippen LogP contribution < -0.4 is 71.2 Å². The Morgan fingerprint density at radius 1 is 0.649 bits per heavy atom. The SMILES string of the molecule is CCO[C@H](C(N)=O)[C@@H]1NC(=O)[C@H](CCC(N)=O)N(C)C(=O)[C@H](CC(C)C)NC(=O)[C@@H](CCCCN)NC(=O)C([C@@H](C)O)NC(=O)[C@H](N2C(=O)[C@@H](NC(=O)[C@H](O)[C@H](O)[C@H](CCC(N)=O)NC(=O)[C@@H](CC(=O)O)NC(=O)[C@H](C)[C@H](O)[C@H](C)CC(C)C)[C@@H](C)[C@@H]2C(N)=O)[C@@H](C)OC(=O)[C@@H]2CCCCN2C(=O)[C@@H](CC(=O)O)NC1=O. The highest BCUT2D eigenvalue weighted by atomic mass is 16.5. The van der Waals surface area contributed by atoms with Gasteiger partial charge >= 0.3 is 17.9 Å². The third-order valence-corrected chi connectivity index (χ3v) is 19.5. The van der Waals surface area contributed by atoms with E-state index >= 15 is 9.59 Å². The molecule has 111 heavy (non-hydrogen) atoms. The van der Waals surface area contributed by atoms with E-state index in [1.54, 1.807) is 20.8 Å². The zero-order chi connectivity index (χ0) is 84.5. The number of amides is 15. The van der Waals surface area contributed by atoms with Crippen molar-refractivity contribution < 1.29 is 126 Å². The van der Waals surface area contributed by atoms with Crippen molar-refractivity contribution in [3.05, 3.63) is 0 Å². The zero-order valence-electron chi connectivity index (χ0n) is 64.4. The van der Waals surface area contributed by atoms with E-state index < -0.39 is 284 Å². The molecule has 3 heterocycles. The fraction of sp³-hybridized carbons (Fsp3) is 0.739. The molecule has 1 unspecified atom stereocenters. The minimum Gasteiger partial charge on any atom is -0.481 e. The molecule has 3 aliphatic heterocycles. The van der Waals surface area contributed by atoms with Gasteiger partial charge in [0.05, 0.1) is 37.0 Å². The molecule has 626 valence electrons. The zero-order valence-corrected chi connectivity index (χ0v) is 64.4. The maximum atomic E-state index is 15.5. The number of aliphatic carboxylic acids is 2. The summed E-state index contributed by atoms with van der Waals surface area (Å²) in [6.07, 6.45) is -17.7. The van der Waals surface area contributed by atoms with Crippen LogP contribution in [0.2, 0.25) is 0 Å². The summed E-state index contributed by atoms with van der Waals surface area (Å²) in [7, 11) is 1.07. The maximum Gasteiger partial charge on any atom is 0.329 e. The lowest BCUT2D eigenvalue weighted by atomic mass is 9.87. The van der Waals surface area contributed by atoms with E-state index in [0.717, 1.165) is 37.6 Å². The molecule has 0 spiro atoms. The molecule has 15 amide bonds. The number of esters is 1. The van der Waals surface area contributed by atoms with Crippen LogP contribution in [0.3, 0.4) is 0 Å². The summed E-state index contributed by atoms with van der Waals surface area (Å²) in [5.41, 5.74) is 28.4. The largest absolute Gasteiger partial charge is 0.481 e. The van der Waals surface area contributed by atoms with E-state index in [4.69, 9.17) is 38.1 Å². The van der Waals surface area contributed by atoms with Crippen molar-refractivity contribution in [2.24, 2.45) is 58.3 Å². The highest BCUT2D eigenvalue weighted by Gasteiger charge is 2.56. The number of cyclic esters (lactones) is 1. The van der Waals surface area contributed by atoms with Crippen molar-refractivity contribution in [3.8, 4) is 0 Å². The van der Waals surface area contributed by atoms with Crippen LogP contribution in [0.15, 0.2) is 0 Å². The van der Waals surface area contributed by atoms with Crippen LogP contribution in [0, 0.1) is 29.6 Å². The van der Waals surface area contributed by atoms with Crippen LogP contribution in [-0.4, -0.2) is 288 Å². The Hall–Kier alpha value is -9.78. The van der Waals surface area contributed by atoms with Gasteiger partial charge in [-0.1, -0.05) is 48.5 Å². The van der Waals surface area contributed by atoms with Gasteiger partial charge in [0, 0.05) is 39.0 Å². The molecule has 3 saturated heterocycles. The fourth-order valence-electron chi connectivity index (χ4n) is 13.6. The van der Waals surface area contributed by atoms with Crippen LogP contribution >= 0.6 is 0 Å². The second-order valence-corrected chi connectivity index (χ2v) is 29.3. The third-order valence-electron chi connectivity index (χ3n) is 19.5. The highest BCUT2D eigenvalue weighted by Crippen LogP contribution is 2.32. The number of carbonyl (C=O) groups excluding carboxylic acids is 16. The summed E-state index contributed by atoms with van der Waals surface area (Å²) < 4.78 is 11.4. The van der Waals surface area contributed by atoms with Gasteiger partial charge in [0.2, 0.25) is 82.7 Å². The van der Waals surface area contributed by atoms with Crippen molar-refractivity contribution in [2.75, 3.05) is 26.7 Å². The Morgan fingerprint density at radius 3 is 1.78 bits per heavy atom. The minimum absolute atomic E-state index is 0.0525. The number of primary amides is 4. The van der Waals surface area contributed by atoms with Gasteiger partial charge in [0.1, 0.15) is 78.7 Å². The van der Waals surface area contributed by atoms with E-state index in [-0.39, 0.29) is 64.0 Å². The van der Waals surface area contributed by atoms with Crippen molar-refractivity contribution >= 4 is 107 Å². The smallest absolute Gasteiger partial charge is 0.329 e. The Kier molecular flexibility index (Phi) is 38.1. The molecule has 3 fully saturated rings. The number of nitrogens with zero attached hydrogens (tertiary/aromatic N) is 3. The molecule has 0 radical (unpaired) electrons. The van der Waals surface area contributed by atoms with Crippen molar-refractivity contribution in [1.82, 2.24) is 57.2 Å². The normalized spacial score (nSPS) is 26.2. The fourth-order valence-corrected chi connectivity index (χ4v) is 13.6. The summed E-state index contributed by atoms with van der Waals surface area (Å²) in [6.45, 7) is 13.7. The van der Waals surface area contributed by atoms with E-state index in [0.29, 0.717) is 11.3 Å². The minimum atomic E-state index is -2.77. The molecule has 0 aromatic carbocycles. The summed E-state index contributed by atoms with van der Waals surface area (Å²) in [5, 5.41) is 84.1. The number of unbranched alkanes of at least 4 members (excludes halogenated alkanes) is 1. The monoisotopic (exact) mass is 1580 g/mol. The predicted molar refractivity (Wildman–Crippen MR) is 386 cm³/mol. The first-order valence-corrected chi connectivity index (χ1v) is 36.9. The first-order chi connectivity index (χ1) is 51.7. The molecular formula is C69H114N16O26. The molecule has 0 aromatic heterocycles. The number of hydrogen-bond acceptors (Lipinski definition) is 25. The number of carboxylic acid groups (broad SMARTS) is 2. The molecule has 0 saturated carbocycles. The number of rotatable bonds is 35. The first-order valence-electron chi connectivity index (χ1n) is 36.9. The summed E-state index contributed by atoms with van der Waals surface area (Å²) in [5.74, 6) is -28.1. The van der Waals surface area contributed by atoms with Gasteiger partial charge < -0.3 is 126 Å². The van der Waals surface area contributed by atoms with Crippen LogP contribution in [0.4, 0.5) is 0 Å². The molecule has 0 aliphatic carbocycles. The standard InChI is InChI=1S/C69H114N16O26/c1-12-110-55(57(74)97)49-63(103)79-40(28-46(91)92)67(107)84-24-16-14-18-42(84)69(109)111-35(10)51(64(104)81-48(34(9)86)62(102)76-37(17-13-15-23-70)59(99)78-39(26-30(4)5)66(106)83(11)41(61(101)82-49)20-22-44(72)88)85-50(56(73)96)32(7)47(68(85)108)80-65(105)54(95)53(94)36(19-21-43(71)87)75-60(100)38(27-45(89)90)77-58(98)33(8)52(93)31(6)25-29(2)3/h29-42,47-55,86,93-95H,12-28,70H2,1-11H3,(H2,71,87)(H2,72,88)(H2,73,96)(H2,74,97)(H,75,100)(H,76,102)(H,77,98)(H,78,99)(H,79,103)(H,80,105)(H,81,104)(H,82,101)(H,89,90)(H,91,92)/t31-,32-,33-,34-,35-,36+,37-,38-,39+,40-,41+,42+,47+,48?,49+,50-,51-,52-,53-,54-,55+/m1/s1. The highest BCUT2D eigenvalue weighted by molar-refractivity contribution is 6.03. The lowest BCUT2D eigenvalue weighted by molar-refractivity contribution is -0.168. The van der Waals surface area contributed by atoms with Gasteiger partial charge in [-0.2, -0.15) is 0 Å². The molecule has 24 N–H and O–H groups in total. The molecule has 42 nitrogen and oxygen atoms in total.